The lowest BCUT2D eigenvalue weighted by Crippen LogP contribution is -2.25. The zero-order chi connectivity index (χ0) is 15.8. The number of hydrogen-bond acceptors (Lipinski definition) is 3. The Kier molecular flexibility index (Phi) is 7.23. The Labute approximate surface area is 128 Å². The first-order valence-corrected chi connectivity index (χ1v) is 7.65. The van der Waals surface area contributed by atoms with E-state index >= 15 is 0 Å². The van der Waals surface area contributed by atoms with Crippen LogP contribution in [0.4, 0.5) is 0 Å². The van der Waals surface area contributed by atoms with Crippen molar-refractivity contribution in [3.63, 3.8) is 0 Å². The fourth-order valence-electron chi connectivity index (χ4n) is 2.26. The van der Waals surface area contributed by atoms with Gasteiger partial charge in [0, 0.05) is 25.1 Å². The second kappa shape index (κ2) is 8.67. The molecule has 1 unspecified atom stereocenters. The first kappa shape index (κ1) is 17.5. The first-order valence-electron chi connectivity index (χ1n) is 7.65. The highest BCUT2D eigenvalue weighted by atomic mass is 16.5. The van der Waals surface area contributed by atoms with Gasteiger partial charge >= 0.3 is 0 Å². The molecular formula is C17H28N2O2. The van der Waals surface area contributed by atoms with Crippen LogP contribution in [0.25, 0.3) is 0 Å². The molecule has 0 bridgehead atoms. The van der Waals surface area contributed by atoms with Gasteiger partial charge in [-0.05, 0) is 37.8 Å². The molecule has 0 saturated carbocycles. The topological polar surface area (TPSA) is 64.4 Å². The lowest BCUT2D eigenvalue weighted by atomic mass is 10.1. The number of hydrogen-bond donors (Lipinski definition) is 2. The number of aryl methyl sites for hydroxylation is 1. The highest BCUT2D eigenvalue weighted by molar-refractivity contribution is 5.76. The van der Waals surface area contributed by atoms with Gasteiger partial charge in [0.2, 0.25) is 5.91 Å². The van der Waals surface area contributed by atoms with Crippen molar-refractivity contribution in [2.75, 3.05) is 6.54 Å². The van der Waals surface area contributed by atoms with E-state index in [1.54, 1.807) is 0 Å². The third-order valence-electron chi connectivity index (χ3n) is 3.20. The van der Waals surface area contributed by atoms with Crippen LogP contribution in [0.3, 0.4) is 0 Å². The Morgan fingerprint density at radius 2 is 2.05 bits per heavy atom. The minimum Gasteiger partial charge on any atom is -0.490 e. The molecule has 0 aliphatic heterocycles. The monoisotopic (exact) mass is 292 g/mol. The van der Waals surface area contributed by atoms with E-state index in [-0.39, 0.29) is 12.0 Å². The maximum absolute atomic E-state index is 11.5. The van der Waals surface area contributed by atoms with Crippen molar-refractivity contribution in [2.45, 2.75) is 53.2 Å². The Morgan fingerprint density at radius 1 is 1.33 bits per heavy atom. The zero-order valence-electron chi connectivity index (χ0n) is 13.6. The summed E-state index contributed by atoms with van der Waals surface area (Å²) >= 11 is 0. The lowest BCUT2D eigenvalue weighted by Gasteiger charge is -2.19. The molecule has 1 aromatic rings. The van der Waals surface area contributed by atoms with Crippen LogP contribution in [0.2, 0.25) is 0 Å². The molecule has 4 heteroatoms. The smallest absolute Gasteiger partial charge is 0.221 e. The number of amides is 1. The number of nitrogens with one attached hydrogen (secondary N) is 1. The van der Waals surface area contributed by atoms with Crippen LogP contribution in [0, 0.1) is 12.8 Å². The van der Waals surface area contributed by atoms with E-state index in [0.717, 1.165) is 23.3 Å². The minimum atomic E-state index is -0.0285. The summed E-state index contributed by atoms with van der Waals surface area (Å²) in [6.07, 6.45) is 1.52. The molecule has 0 aliphatic carbocycles. The van der Waals surface area contributed by atoms with Gasteiger partial charge in [-0.1, -0.05) is 26.0 Å². The predicted molar refractivity (Wildman–Crippen MR) is 86.2 cm³/mol. The van der Waals surface area contributed by atoms with Crippen LogP contribution in [-0.4, -0.2) is 18.6 Å². The predicted octanol–water partition coefficient (Wildman–Crippen LogP) is 2.77. The van der Waals surface area contributed by atoms with E-state index in [2.05, 4.69) is 26.1 Å². The van der Waals surface area contributed by atoms with Gasteiger partial charge < -0.3 is 15.8 Å². The lowest BCUT2D eigenvalue weighted by molar-refractivity contribution is -0.121. The standard InChI is InChI=1S/C17H28N2O2/c1-12(2)9-14(4)21-16-10-13(3)5-6-15(16)11-19-17(20)7-8-18/h5-6,10,12,14H,7-9,11,18H2,1-4H3,(H,19,20). The summed E-state index contributed by atoms with van der Waals surface area (Å²) < 4.78 is 6.05. The highest BCUT2D eigenvalue weighted by Gasteiger charge is 2.11. The van der Waals surface area contributed by atoms with Gasteiger partial charge in [0.25, 0.3) is 0 Å². The van der Waals surface area contributed by atoms with E-state index in [1.807, 2.05) is 25.1 Å². The summed E-state index contributed by atoms with van der Waals surface area (Å²) in [5.74, 6) is 1.42. The summed E-state index contributed by atoms with van der Waals surface area (Å²) in [6, 6.07) is 6.07. The van der Waals surface area contributed by atoms with Crippen LogP contribution in [0.1, 0.15) is 44.7 Å². The summed E-state index contributed by atoms with van der Waals surface area (Å²) in [5, 5.41) is 2.87. The number of nitrogens with two attached hydrogens (primary N) is 1. The molecule has 4 nitrogen and oxygen atoms in total. The zero-order valence-corrected chi connectivity index (χ0v) is 13.6. The van der Waals surface area contributed by atoms with Crippen molar-refractivity contribution in [1.29, 1.82) is 0 Å². The van der Waals surface area contributed by atoms with Crippen LogP contribution in [0.15, 0.2) is 18.2 Å². The third-order valence-corrected chi connectivity index (χ3v) is 3.20. The molecule has 0 saturated heterocycles. The molecule has 0 fully saturated rings. The van der Waals surface area contributed by atoms with Gasteiger partial charge in [0.15, 0.2) is 0 Å². The first-order chi connectivity index (χ1) is 9.92. The fourth-order valence-corrected chi connectivity index (χ4v) is 2.26. The minimum absolute atomic E-state index is 0.0285. The van der Waals surface area contributed by atoms with Crippen LogP contribution in [-0.2, 0) is 11.3 Å². The average molecular weight is 292 g/mol. The summed E-state index contributed by atoms with van der Waals surface area (Å²) in [6.45, 7) is 9.33. The number of carbonyl (C=O) groups excluding carboxylic acids is 1. The van der Waals surface area contributed by atoms with Crippen molar-refractivity contribution in [3.8, 4) is 5.75 Å². The SMILES string of the molecule is Cc1ccc(CNC(=O)CCN)c(OC(C)CC(C)C)c1. The molecule has 0 heterocycles. The average Bonchev–Trinajstić information content (AvgIpc) is 2.37. The second-order valence-electron chi connectivity index (χ2n) is 5.98. The fraction of sp³-hybridized carbons (Fsp3) is 0.588. The third kappa shape index (κ3) is 6.63. The van der Waals surface area contributed by atoms with Crippen LogP contribution < -0.4 is 15.8 Å². The largest absolute Gasteiger partial charge is 0.490 e. The molecule has 1 amide bonds. The molecule has 0 spiro atoms. The Hall–Kier alpha value is -1.55. The summed E-state index contributed by atoms with van der Waals surface area (Å²) in [5.41, 5.74) is 7.53. The van der Waals surface area contributed by atoms with Crippen LogP contribution in [0.5, 0.6) is 5.75 Å². The molecular weight excluding hydrogens is 264 g/mol. The Bertz CT molecular complexity index is 458. The second-order valence-corrected chi connectivity index (χ2v) is 5.98. The van der Waals surface area contributed by atoms with E-state index in [0.29, 0.717) is 25.4 Å². The number of ether oxygens (including phenoxy) is 1. The molecule has 3 N–H and O–H groups in total. The van der Waals surface area contributed by atoms with Gasteiger partial charge in [-0.15, -0.1) is 0 Å². The molecule has 1 rings (SSSR count). The van der Waals surface area contributed by atoms with E-state index < -0.39 is 0 Å². The number of rotatable bonds is 8. The molecule has 0 radical (unpaired) electrons. The van der Waals surface area contributed by atoms with Gasteiger partial charge in [-0.2, -0.15) is 0 Å². The molecule has 21 heavy (non-hydrogen) atoms. The quantitative estimate of drug-likeness (QED) is 0.774. The molecule has 1 aromatic carbocycles. The molecule has 0 aliphatic rings. The molecule has 1 atom stereocenters. The van der Waals surface area contributed by atoms with Gasteiger partial charge in [0.05, 0.1) is 6.10 Å². The number of benzene rings is 1. The maximum atomic E-state index is 11.5. The highest BCUT2D eigenvalue weighted by Crippen LogP contribution is 2.23. The molecule has 118 valence electrons. The van der Waals surface area contributed by atoms with Crippen molar-refractivity contribution < 1.29 is 9.53 Å². The van der Waals surface area contributed by atoms with Crippen molar-refractivity contribution >= 4 is 5.91 Å². The Morgan fingerprint density at radius 3 is 2.67 bits per heavy atom. The summed E-state index contributed by atoms with van der Waals surface area (Å²) in [4.78, 5) is 11.5. The van der Waals surface area contributed by atoms with Gasteiger partial charge in [-0.3, -0.25) is 4.79 Å². The van der Waals surface area contributed by atoms with Crippen molar-refractivity contribution in [3.05, 3.63) is 29.3 Å². The van der Waals surface area contributed by atoms with E-state index in [1.165, 1.54) is 0 Å². The van der Waals surface area contributed by atoms with E-state index in [4.69, 9.17) is 10.5 Å². The molecule has 0 aromatic heterocycles. The summed E-state index contributed by atoms with van der Waals surface area (Å²) in [7, 11) is 0. The number of carbonyl (C=O) groups is 1. The van der Waals surface area contributed by atoms with Gasteiger partial charge in [0.1, 0.15) is 5.75 Å². The van der Waals surface area contributed by atoms with Crippen molar-refractivity contribution in [1.82, 2.24) is 5.32 Å². The van der Waals surface area contributed by atoms with Crippen LogP contribution >= 0.6 is 0 Å². The maximum Gasteiger partial charge on any atom is 0.221 e. The Balaban J connectivity index is 2.72. The van der Waals surface area contributed by atoms with Gasteiger partial charge in [-0.25, -0.2) is 0 Å². The van der Waals surface area contributed by atoms with Crippen molar-refractivity contribution in [2.24, 2.45) is 11.7 Å². The van der Waals surface area contributed by atoms with E-state index in [9.17, 15) is 4.79 Å². The normalized spacial score (nSPS) is 12.3.